The van der Waals surface area contributed by atoms with Crippen molar-refractivity contribution >= 4 is 17.8 Å². The van der Waals surface area contributed by atoms with Crippen molar-refractivity contribution < 1.29 is 9.59 Å². The summed E-state index contributed by atoms with van der Waals surface area (Å²) in [5.41, 5.74) is 0.190. The molecule has 134 valence electrons. The molecule has 2 heterocycles. The maximum atomic E-state index is 13.4. The van der Waals surface area contributed by atoms with E-state index in [-0.39, 0.29) is 12.6 Å². The number of pyridine rings is 1. The van der Waals surface area contributed by atoms with Gasteiger partial charge in [0.25, 0.3) is 5.91 Å². The van der Waals surface area contributed by atoms with Gasteiger partial charge in [-0.2, -0.15) is 0 Å². The molecular formula is C21H18N4O2. The predicted molar refractivity (Wildman–Crippen MR) is 102 cm³/mol. The lowest BCUT2D eigenvalue weighted by Gasteiger charge is -2.28. The molecule has 1 aliphatic heterocycles. The van der Waals surface area contributed by atoms with E-state index in [1.54, 1.807) is 18.3 Å². The SMILES string of the molecule is O=C1NC(c2ccccc2)(c2ccccc2)C(=O)N1CNc1ccccn1. The molecule has 2 N–H and O–H groups in total. The van der Waals surface area contributed by atoms with Crippen LogP contribution in [0.1, 0.15) is 11.1 Å². The van der Waals surface area contributed by atoms with Gasteiger partial charge in [0.05, 0.1) is 0 Å². The van der Waals surface area contributed by atoms with Crippen molar-refractivity contribution in [3.8, 4) is 0 Å². The Balaban J connectivity index is 1.71. The monoisotopic (exact) mass is 358 g/mol. The second-order valence-corrected chi connectivity index (χ2v) is 6.20. The van der Waals surface area contributed by atoms with Gasteiger partial charge in [0.1, 0.15) is 12.5 Å². The third kappa shape index (κ3) is 2.91. The number of anilines is 1. The first-order chi connectivity index (χ1) is 13.2. The van der Waals surface area contributed by atoms with Crippen molar-refractivity contribution in [2.75, 3.05) is 12.0 Å². The van der Waals surface area contributed by atoms with E-state index >= 15 is 0 Å². The van der Waals surface area contributed by atoms with E-state index < -0.39 is 11.6 Å². The summed E-state index contributed by atoms with van der Waals surface area (Å²) in [4.78, 5) is 31.5. The predicted octanol–water partition coefficient (Wildman–Crippen LogP) is 2.95. The van der Waals surface area contributed by atoms with E-state index in [0.29, 0.717) is 5.82 Å². The molecule has 6 nitrogen and oxygen atoms in total. The molecule has 1 fully saturated rings. The van der Waals surface area contributed by atoms with Crippen molar-refractivity contribution in [2.45, 2.75) is 5.54 Å². The zero-order valence-electron chi connectivity index (χ0n) is 14.5. The summed E-state index contributed by atoms with van der Waals surface area (Å²) in [5, 5.41) is 5.93. The number of rotatable bonds is 5. The average Bonchev–Trinajstić information content (AvgIpc) is 2.99. The Morgan fingerprint density at radius 3 is 2.00 bits per heavy atom. The highest BCUT2D eigenvalue weighted by Gasteiger charge is 2.53. The second-order valence-electron chi connectivity index (χ2n) is 6.20. The van der Waals surface area contributed by atoms with Gasteiger partial charge in [0.2, 0.25) is 0 Å². The molecule has 0 radical (unpaired) electrons. The van der Waals surface area contributed by atoms with E-state index in [9.17, 15) is 9.59 Å². The molecule has 0 unspecified atom stereocenters. The maximum absolute atomic E-state index is 13.4. The van der Waals surface area contributed by atoms with Crippen molar-refractivity contribution in [3.63, 3.8) is 0 Å². The molecule has 2 aromatic carbocycles. The number of hydrogen-bond acceptors (Lipinski definition) is 4. The zero-order chi connectivity index (χ0) is 18.7. The molecule has 6 heteroatoms. The Labute approximate surface area is 156 Å². The largest absolute Gasteiger partial charge is 0.352 e. The number of benzene rings is 2. The number of urea groups is 1. The molecule has 3 amide bonds. The molecule has 4 rings (SSSR count). The summed E-state index contributed by atoms with van der Waals surface area (Å²) in [6.07, 6.45) is 1.65. The highest BCUT2D eigenvalue weighted by molar-refractivity contribution is 6.09. The minimum Gasteiger partial charge on any atom is -0.352 e. The first kappa shape index (κ1) is 16.8. The fourth-order valence-electron chi connectivity index (χ4n) is 3.28. The number of aromatic nitrogens is 1. The zero-order valence-corrected chi connectivity index (χ0v) is 14.5. The van der Waals surface area contributed by atoms with Gasteiger partial charge in [-0.3, -0.25) is 4.79 Å². The van der Waals surface area contributed by atoms with Crippen molar-refractivity contribution in [1.29, 1.82) is 0 Å². The molecule has 27 heavy (non-hydrogen) atoms. The lowest BCUT2D eigenvalue weighted by atomic mass is 9.83. The minimum atomic E-state index is -1.24. The summed E-state index contributed by atoms with van der Waals surface area (Å²) >= 11 is 0. The lowest BCUT2D eigenvalue weighted by molar-refractivity contribution is -0.130. The topological polar surface area (TPSA) is 74.3 Å². The molecule has 0 spiro atoms. The van der Waals surface area contributed by atoms with Crippen LogP contribution in [0.15, 0.2) is 85.1 Å². The molecule has 0 atom stereocenters. The normalized spacial score (nSPS) is 15.5. The van der Waals surface area contributed by atoms with Gasteiger partial charge >= 0.3 is 6.03 Å². The van der Waals surface area contributed by atoms with Gasteiger partial charge in [-0.05, 0) is 23.3 Å². The summed E-state index contributed by atoms with van der Waals surface area (Å²) in [6.45, 7) is 0.0309. The van der Waals surface area contributed by atoms with Crippen molar-refractivity contribution in [2.24, 2.45) is 0 Å². The summed E-state index contributed by atoms with van der Waals surface area (Å²) in [7, 11) is 0. The van der Waals surface area contributed by atoms with Crippen LogP contribution in [0.3, 0.4) is 0 Å². The minimum absolute atomic E-state index is 0.0309. The Bertz CT molecular complexity index is 906. The Morgan fingerprint density at radius 1 is 0.852 bits per heavy atom. The van der Waals surface area contributed by atoms with Crippen LogP contribution in [0, 0.1) is 0 Å². The third-order valence-electron chi connectivity index (χ3n) is 4.60. The molecule has 1 aromatic heterocycles. The van der Waals surface area contributed by atoms with Crippen LogP contribution < -0.4 is 10.6 Å². The van der Waals surface area contributed by atoms with Gasteiger partial charge in [0, 0.05) is 6.20 Å². The quantitative estimate of drug-likeness (QED) is 0.688. The van der Waals surface area contributed by atoms with E-state index in [4.69, 9.17) is 0 Å². The van der Waals surface area contributed by atoms with E-state index in [2.05, 4.69) is 15.6 Å². The number of nitrogens with zero attached hydrogens (tertiary/aromatic N) is 2. The van der Waals surface area contributed by atoms with Gasteiger partial charge < -0.3 is 10.6 Å². The smallest absolute Gasteiger partial charge is 0.327 e. The molecule has 1 saturated heterocycles. The number of hydrogen-bond donors (Lipinski definition) is 2. The van der Waals surface area contributed by atoms with Crippen molar-refractivity contribution in [3.05, 3.63) is 96.2 Å². The Hall–Kier alpha value is -3.67. The second kappa shape index (κ2) is 6.92. The van der Waals surface area contributed by atoms with Gasteiger partial charge in [0.15, 0.2) is 5.54 Å². The van der Waals surface area contributed by atoms with E-state index in [1.165, 1.54) is 4.90 Å². The van der Waals surface area contributed by atoms with Crippen LogP contribution in [-0.2, 0) is 10.3 Å². The summed E-state index contributed by atoms with van der Waals surface area (Å²) in [5.74, 6) is 0.267. The standard InChI is InChI=1S/C21H18N4O2/c26-19-21(16-9-3-1-4-10-16,17-11-5-2-6-12-17)24-20(27)25(19)15-23-18-13-7-8-14-22-18/h1-14H,15H2,(H,22,23)(H,24,27). The fourth-order valence-corrected chi connectivity index (χ4v) is 3.28. The highest BCUT2D eigenvalue weighted by Crippen LogP contribution is 2.35. The molecule has 0 aliphatic carbocycles. The summed E-state index contributed by atoms with van der Waals surface area (Å²) in [6, 6.07) is 23.5. The molecule has 0 bridgehead atoms. The number of carbonyl (C=O) groups is 2. The number of imide groups is 1. The van der Waals surface area contributed by atoms with Crippen LogP contribution in [0.2, 0.25) is 0 Å². The molecular weight excluding hydrogens is 340 g/mol. The summed E-state index contributed by atoms with van der Waals surface area (Å²) < 4.78 is 0. The van der Waals surface area contributed by atoms with Crippen LogP contribution in [0.5, 0.6) is 0 Å². The maximum Gasteiger partial charge on any atom is 0.327 e. The van der Waals surface area contributed by atoms with Crippen LogP contribution >= 0.6 is 0 Å². The Morgan fingerprint density at radius 2 is 1.44 bits per heavy atom. The van der Waals surface area contributed by atoms with E-state index in [0.717, 1.165) is 11.1 Å². The number of nitrogens with one attached hydrogen (secondary N) is 2. The molecule has 1 aliphatic rings. The third-order valence-corrected chi connectivity index (χ3v) is 4.60. The number of carbonyl (C=O) groups excluding carboxylic acids is 2. The van der Waals surface area contributed by atoms with Crippen molar-refractivity contribution in [1.82, 2.24) is 15.2 Å². The molecule has 0 saturated carbocycles. The van der Waals surface area contributed by atoms with E-state index in [1.807, 2.05) is 66.7 Å². The average molecular weight is 358 g/mol. The molecule has 3 aromatic rings. The highest BCUT2D eigenvalue weighted by atomic mass is 16.2. The Kier molecular flexibility index (Phi) is 4.30. The van der Waals surface area contributed by atoms with Gasteiger partial charge in [-0.15, -0.1) is 0 Å². The first-order valence-corrected chi connectivity index (χ1v) is 8.62. The number of amides is 3. The van der Waals surface area contributed by atoms with Gasteiger partial charge in [-0.1, -0.05) is 66.7 Å². The van der Waals surface area contributed by atoms with Crippen LogP contribution in [0.4, 0.5) is 10.6 Å². The lowest BCUT2D eigenvalue weighted by Crippen LogP contribution is -2.45. The van der Waals surface area contributed by atoms with Crippen LogP contribution in [-0.4, -0.2) is 28.5 Å². The van der Waals surface area contributed by atoms with Gasteiger partial charge in [-0.25, -0.2) is 14.7 Å². The van der Waals surface area contributed by atoms with Crippen LogP contribution in [0.25, 0.3) is 0 Å². The fraction of sp³-hybridized carbons (Fsp3) is 0.0952. The first-order valence-electron chi connectivity index (χ1n) is 8.62.